The number of hydrogen-bond donors (Lipinski definition) is 1. The molecular formula is C12H16INO4P+. The van der Waals surface area contributed by atoms with Crippen LogP contribution in [0.3, 0.4) is 0 Å². The van der Waals surface area contributed by atoms with Gasteiger partial charge in [-0.1, -0.05) is 5.09 Å². The highest BCUT2D eigenvalue weighted by Gasteiger charge is 2.28. The molecule has 0 aliphatic rings. The number of ether oxygens (including phenoxy) is 1. The highest BCUT2D eigenvalue weighted by Crippen LogP contribution is 2.24. The van der Waals surface area contributed by atoms with Gasteiger partial charge in [0.15, 0.2) is 5.75 Å². The zero-order chi connectivity index (χ0) is 14.4. The Morgan fingerprint density at radius 2 is 1.84 bits per heavy atom. The third-order valence-corrected chi connectivity index (χ3v) is 3.70. The highest BCUT2D eigenvalue weighted by molar-refractivity contribution is 14.1. The largest absolute Gasteiger partial charge is 0.664 e. The average molecular weight is 396 g/mol. The first-order chi connectivity index (χ1) is 8.88. The number of benzene rings is 1. The molecule has 0 amide bonds. The lowest BCUT2D eigenvalue weighted by Gasteiger charge is -2.10. The Morgan fingerprint density at radius 3 is 2.37 bits per heavy atom. The van der Waals surface area contributed by atoms with E-state index in [1.54, 1.807) is 32.9 Å². The number of hydrogen-bond acceptors (Lipinski definition) is 4. The second-order valence-corrected chi connectivity index (χ2v) is 6.34. The van der Waals surface area contributed by atoms with Gasteiger partial charge in [-0.3, -0.25) is 4.79 Å². The van der Waals surface area contributed by atoms with Crippen LogP contribution >= 0.6 is 30.8 Å². The molecule has 0 fully saturated rings. The molecule has 1 aromatic carbocycles. The summed E-state index contributed by atoms with van der Waals surface area (Å²) in [6.45, 7) is 5.09. The van der Waals surface area contributed by atoms with Gasteiger partial charge in [0, 0.05) is 8.14 Å². The second kappa shape index (κ2) is 7.77. The van der Waals surface area contributed by atoms with Crippen molar-refractivity contribution < 1.29 is 18.6 Å². The predicted octanol–water partition coefficient (Wildman–Crippen LogP) is 3.26. The van der Waals surface area contributed by atoms with Crippen LogP contribution in [0.5, 0.6) is 5.75 Å². The van der Waals surface area contributed by atoms with Crippen molar-refractivity contribution in [2.75, 3.05) is 0 Å². The monoisotopic (exact) mass is 396 g/mol. The standard InChI is InChI=1S/C12H16INO4P/c1-8(2)17-12(15)9(3)14-19(16)18-11-6-4-10(13)5-7-11/h4-9H,1-3H3,(H,14,16)/q+1/t9-/m0/s1. The van der Waals surface area contributed by atoms with E-state index in [0.717, 1.165) is 3.57 Å². The quantitative estimate of drug-likeness (QED) is 0.455. The van der Waals surface area contributed by atoms with Gasteiger partial charge in [0.1, 0.15) is 6.04 Å². The summed E-state index contributed by atoms with van der Waals surface area (Å²) in [7, 11) is -2.17. The maximum absolute atomic E-state index is 11.7. The molecule has 0 aliphatic heterocycles. The number of nitrogens with one attached hydrogen (secondary N) is 1. The van der Waals surface area contributed by atoms with E-state index in [2.05, 4.69) is 27.7 Å². The Kier molecular flexibility index (Phi) is 6.68. The zero-order valence-electron chi connectivity index (χ0n) is 10.9. The Labute approximate surface area is 127 Å². The first-order valence-corrected chi connectivity index (χ1v) is 8.01. The van der Waals surface area contributed by atoms with Gasteiger partial charge in [-0.25, -0.2) is 4.52 Å². The molecule has 19 heavy (non-hydrogen) atoms. The molecule has 5 nitrogen and oxygen atoms in total. The minimum atomic E-state index is -2.17. The maximum atomic E-state index is 11.7. The van der Waals surface area contributed by atoms with Gasteiger partial charge < -0.3 is 4.74 Å². The van der Waals surface area contributed by atoms with Crippen LogP contribution in [0.15, 0.2) is 24.3 Å². The van der Waals surface area contributed by atoms with Crippen molar-refractivity contribution >= 4 is 36.7 Å². The third kappa shape index (κ3) is 6.31. The van der Waals surface area contributed by atoms with Crippen molar-refractivity contribution in [1.82, 2.24) is 5.09 Å². The number of carbonyl (C=O) groups is 1. The summed E-state index contributed by atoms with van der Waals surface area (Å²) >= 11 is 2.16. The molecule has 0 spiro atoms. The molecule has 0 saturated carbocycles. The van der Waals surface area contributed by atoms with Crippen LogP contribution in [0, 0.1) is 3.57 Å². The molecule has 104 valence electrons. The number of halogens is 1. The van der Waals surface area contributed by atoms with E-state index in [1.165, 1.54) is 0 Å². The molecule has 2 atom stereocenters. The third-order valence-electron chi connectivity index (χ3n) is 2.01. The summed E-state index contributed by atoms with van der Waals surface area (Å²) in [4.78, 5) is 11.5. The topological polar surface area (TPSA) is 64.6 Å². The smallest absolute Gasteiger partial charge is 0.462 e. The Balaban J connectivity index is 2.46. The van der Waals surface area contributed by atoms with E-state index in [1.807, 2.05) is 12.1 Å². The fraction of sp³-hybridized carbons (Fsp3) is 0.417. The first-order valence-electron chi connectivity index (χ1n) is 5.76. The van der Waals surface area contributed by atoms with E-state index in [-0.39, 0.29) is 6.10 Å². The van der Waals surface area contributed by atoms with Crippen LogP contribution in [-0.2, 0) is 14.1 Å². The van der Waals surface area contributed by atoms with Crippen molar-refractivity contribution in [2.24, 2.45) is 0 Å². The molecule has 1 N–H and O–H groups in total. The molecule has 7 heteroatoms. The van der Waals surface area contributed by atoms with Crippen molar-refractivity contribution in [3.05, 3.63) is 27.8 Å². The van der Waals surface area contributed by atoms with E-state index >= 15 is 0 Å². The molecule has 0 saturated heterocycles. The molecule has 0 aromatic heterocycles. The molecule has 1 unspecified atom stereocenters. The fourth-order valence-corrected chi connectivity index (χ4v) is 2.31. The van der Waals surface area contributed by atoms with Crippen LogP contribution < -0.4 is 9.61 Å². The van der Waals surface area contributed by atoms with Crippen molar-refractivity contribution in [1.29, 1.82) is 0 Å². The summed E-state index contributed by atoms with van der Waals surface area (Å²) < 4.78 is 22.9. The minimum Gasteiger partial charge on any atom is -0.462 e. The summed E-state index contributed by atoms with van der Waals surface area (Å²) in [6, 6.07) is 6.43. The summed E-state index contributed by atoms with van der Waals surface area (Å²) in [5.74, 6) is 0.0306. The number of carbonyl (C=O) groups excluding carboxylic acids is 1. The molecule has 0 bridgehead atoms. The molecular weight excluding hydrogens is 380 g/mol. The van der Waals surface area contributed by atoms with Gasteiger partial charge in [-0.05, 0) is 67.6 Å². The maximum Gasteiger partial charge on any atom is 0.664 e. The molecule has 1 rings (SSSR count). The number of esters is 1. The molecule has 1 aromatic rings. The predicted molar refractivity (Wildman–Crippen MR) is 81.2 cm³/mol. The Bertz CT molecular complexity index is 450. The van der Waals surface area contributed by atoms with Gasteiger partial charge in [0.25, 0.3) is 0 Å². The van der Waals surface area contributed by atoms with E-state index in [9.17, 15) is 9.36 Å². The van der Waals surface area contributed by atoms with Crippen LogP contribution in [0.25, 0.3) is 0 Å². The second-order valence-electron chi connectivity index (χ2n) is 4.14. The van der Waals surface area contributed by atoms with Crippen molar-refractivity contribution in [2.45, 2.75) is 32.9 Å². The summed E-state index contributed by atoms with van der Waals surface area (Å²) in [6.07, 6.45) is -0.202. The molecule has 0 aliphatic carbocycles. The first kappa shape index (κ1) is 16.3. The lowest BCUT2D eigenvalue weighted by molar-refractivity contribution is -0.148. The Morgan fingerprint density at radius 1 is 1.26 bits per heavy atom. The average Bonchev–Trinajstić information content (AvgIpc) is 2.31. The zero-order valence-corrected chi connectivity index (χ0v) is 14.0. The van der Waals surface area contributed by atoms with E-state index in [0.29, 0.717) is 5.75 Å². The minimum absolute atomic E-state index is 0.202. The van der Waals surface area contributed by atoms with E-state index < -0.39 is 20.2 Å². The molecule has 0 heterocycles. The SMILES string of the molecule is CC(C)OC(=O)[C@H](C)N[P+](=O)Oc1ccc(I)cc1. The van der Waals surface area contributed by atoms with Crippen LogP contribution in [-0.4, -0.2) is 18.1 Å². The summed E-state index contributed by atoms with van der Waals surface area (Å²) in [5.41, 5.74) is 0. The van der Waals surface area contributed by atoms with Gasteiger partial charge >= 0.3 is 14.1 Å². The van der Waals surface area contributed by atoms with Gasteiger partial charge in [0.05, 0.1) is 6.10 Å². The van der Waals surface area contributed by atoms with Gasteiger partial charge in [-0.15, -0.1) is 0 Å². The fourth-order valence-electron chi connectivity index (χ4n) is 1.16. The lowest BCUT2D eigenvalue weighted by atomic mass is 10.3. The Hall–Kier alpha value is -0.720. The van der Waals surface area contributed by atoms with Gasteiger partial charge in [-0.2, -0.15) is 0 Å². The van der Waals surface area contributed by atoms with Crippen LogP contribution in [0.1, 0.15) is 20.8 Å². The van der Waals surface area contributed by atoms with Gasteiger partial charge in [0.2, 0.25) is 0 Å². The van der Waals surface area contributed by atoms with Crippen LogP contribution in [0.4, 0.5) is 0 Å². The lowest BCUT2D eigenvalue weighted by Crippen LogP contribution is -2.33. The summed E-state index contributed by atoms with van der Waals surface area (Å²) in [5, 5.41) is 2.56. The molecule has 0 radical (unpaired) electrons. The van der Waals surface area contributed by atoms with Crippen LogP contribution in [0.2, 0.25) is 0 Å². The highest BCUT2D eigenvalue weighted by atomic mass is 127. The van der Waals surface area contributed by atoms with E-state index in [4.69, 9.17) is 9.26 Å². The normalized spacial score (nSPS) is 13.0. The number of rotatable bonds is 6. The van der Waals surface area contributed by atoms with Crippen molar-refractivity contribution in [3.63, 3.8) is 0 Å². The van der Waals surface area contributed by atoms with Crippen molar-refractivity contribution in [3.8, 4) is 5.75 Å².